The number of carbonyl (C=O) groups excluding carboxylic acids is 1. The molecule has 25 heavy (non-hydrogen) atoms. The fourth-order valence-electron chi connectivity index (χ4n) is 3.44. The van der Waals surface area contributed by atoms with E-state index in [-0.39, 0.29) is 18.1 Å². The minimum Gasteiger partial charge on any atom is -0.454 e. The minimum absolute atomic E-state index is 0.0177. The van der Waals surface area contributed by atoms with Crippen molar-refractivity contribution >= 4 is 5.91 Å². The van der Waals surface area contributed by atoms with Crippen LogP contribution in [0.3, 0.4) is 0 Å². The summed E-state index contributed by atoms with van der Waals surface area (Å²) in [6.45, 7) is 2.20. The molecule has 1 aromatic heterocycles. The molecule has 4 rings (SSSR count). The zero-order valence-corrected chi connectivity index (χ0v) is 13.9. The third-order valence-corrected chi connectivity index (χ3v) is 4.97. The van der Waals surface area contributed by atoms with Gasteiger partial charge in [-0.1, -0.05) is 6.07 Å². The first-order chi connectivity index (χ1) is 12.3. The molecule has 7 nitrogen and oxygen atoms in total. The van der Waals surface area contributed by atoms with Gasteiger partial charge in [0.25, 0.3) is 0 Å². The van der Waals surface area contributed by atoms with Crippen LogP contribution in [0.25, 0.3) is 0 Å². The first-order valence-corrected chi connectivity index (χ1v) is 8.48. The van der Waals surface area contributed by atoms with Crippen LogP contribution < -0.4 is 14.8 Å². The summed E-state index contributed by atoms with van der Waals surface area (Å²) in [6, 6.07) is 7.86. The molecule has 3 heterocycles. The molecular weight excluding hydrogens is 322 g/mol. The minimum atomic E-state index is -0.150. The molecule has 2 aliphatic heterocycles. The van der Waals surface area contributed by atoms with Gasteiger partial charge in [0, 0.05) is 37.1 Å². The standard InChI is InChI=1S/C18H21N3O4/c22-17(10-14-3-6-20-21-14)19-11-18(4-7-23-8-5-18)13-1-2-15-16(9-13)25-12-24-15/h1-3,6,9H,4-5,7-8,10-12H2,(H,19,22)(H,20,21). The smallest absolute Gasteiger partial charge is 0.231 e. The van der Waals surface area contributed by atoms with E-state index in [4.69, 9.17) is 14.2 Å². The number of ether oxygens (including phenoxy) is 3. The van der Waals surface area contributed by atoms with E-state index >= 15 is 0 Å². The first-order valence-electron chi connectivity index (χ1n) is 8.48. The van der Waals surface area contributed by atoms with E-state index in [9.17, 15) is 4.79 Å². The Morgan fingerprint density at radius 3 is 2.84 bits per heavy atom. The third kappa shape index (κ3) is 3.32. The van der Waals surface area contributed by atoms with Gasteiger partial charge >= 0.3 is 0 Å². The molecule has 1 fully saturated rings. The summed E-state index contributed by atoms with van der Waals surface area (Å²) in [5.74, 6) is 1.53. The van der Waals surface area contributed by atoms with Crippen LogP contribution >= 0.6 is 0 Å². The van der Waals surface area contributed by atoms with Gasteiger partial charge in [-0.3, -0.25) is 9.89 Å². The van der Waals surface area contributed by atoms with Crippen molar-refractivity contribution in [3.05, 3.63) is 41.7 Å². The van der Waals surface area contributed by atoms with Gasteiger partial charge in [0.1, 0.15) is 0 Å². The number of aromatic amines is 1. The van der Waals surface area contributed by atoms with Crippen molar-refractivity contribution in [2.75, 3.05) is 26.6 Å². The van der Waals surface area contributed by atoms with Crippen molar-refractivity contribution in [2.45, 2.75) is 24.7 Å². The van der Waals surface area contributed by atoms with Crippen molar-refractivity contribution < 1.29 is 19.0 Å². The lowest BCUT2D eigenvalue weighted by molar-refractivity contribution is -0.121. The maximum atomic E-state index is 12.3. The second kappa shape index (κ2) is 6.76. The molecule has 7 heteroatoms. The predicted octanol–water partition coefficient (Wildman–Crippen LogP) is 1.55. The fraction of sp³-hybridized carbons (Fsp3) is 0.444. The number of hydrogen-bond acceptors (Lipinski definition) is 5. The highest BCUT2D eigenvalue weighted by atomic mass is 16.7. The van der Waals surface area contributed by atoms with Gasteiger partial charge in [0.2, 0.25) is 12.7 Å². The molecule has 0 saturated carbocycles. The molecule has 2 aromatic rings. The Balaban J connectivity index is 1.50. The zero-order valence-electron chi connectivity index (χ0n) is 13.9. The van der Waals surface area contributed by atoms with E-state index in [1.165, 1.54) is 0 Å². The highest BCUT2D eigenvalue weighted by Crippen LogP contribution is 2.40. The van der Waals surface area contributed by atoms with Crippen molar-refractivity contribution in [1.29, 1.82) is 0 Å². The van der Waals surface area contributed by atoms with Crippen molar-refractivity contribution in [3.8, 4) is 11.5 Å². The molecule has 1 amide bonds. The van der Waals surface area contributed by atoms with E-state index in [1.807, 2.05) is 18.2 Å². The normalized spacial score (nSPS) is 18.1. The highest BCUT2D eigenvalue weighted by molar-refractivity contribution is 5.78. The summed E-state index contributed by atoms with van der Waals surface area (Å²) >= 11 is 0. The average molecular weight is 343 g/mol. The molecule has 0 radical (unpaired) electrons. The van der Waals surface area contributed by atoms with Crippen LogP contribution in [0.4, 0.5) is 0 Å². The number of H-pyrrole nitrogens is 1. The lowest BCUT2D eigenvalue weighted by Crippen LogP contribution is -2.45. The molecule has 1 saturated heterocycles. The first kappa shape index (κ1) is 16.0. The summed E-state index contributed by atoms with van der Waals surface area (Å²) in [6.07, 6.45) is 3.66. The van der Waals surface area contributed by atoms with E-state index in [2.05, 4.69) is 21.6 Å². The number of nitrogens with zero attached hydrogens (tertiary/aromatic N) is 1. The summed E-state index contributed by atoms with van der Waals surface area (Å²) in [4.78, 5) is 12.3. The van der Waals surface area contributed by atoms with Crippen LogP contribution in [0.1, 0.15) is 24.1 Å². The number of carbonyl (C=O) groups is 1. The highest BCUT2D eigenvalue weighted by Gasteiger charge is 2.36. The summed E-state index contributed by atoms with van der Waals surface area (Å²) in [7, 11) is 0. The van der Waals surface area contributed by atoms with E-state index in [0.29, 0.717) is 26.2 Å². The monoisotopic (exact) mass is 343 g/mol. The molecule has 1 aromatic carbocycles. The number of amides is 1. The predicted molar refractivity (Wildman–Crippen MR) is 89.6 cm³/mol. The lowest BCUT2D eigenvalue weighted by Gasteiger charge is -2.38. The van der Waals surface area contributed by atoms with E-state index in [0.717, 1.165) is 35.6 Å². The Morgan fingerprint density at radius 1 is 1.20 bits per heavy atom. The fourth-order valence-corrected chi connectivity index (χ4v) is 3.44. The average Bonchev–Trinajstić information content (AvgIpc) is 3.31. The number of rotatable bonds is 5. The van der Waals surface area contributed by atoms with Gasteiger partial charge in [-0.2, -0.15) is 5.10 Å². The van der Waals surface area contributed by atoms with Crippen LogP contribution in [-0.2, 0) is 21.4 Å². The third-order valence-electron chi connectivity index (χ3n) is 4.97. The van der Waals surface area contributed by atoms with Gasteiger partial charge in [-0.05, 0) is 36.6 Å². The Kier molecular flexibility index (Phi) is 4.31. The molecule has 2 aliphatic rings. The van der Waals surface area contributed by atoms with Crippen molar-refractivity contribution in [2.24, 2.45) is 0 Å². The van der Waals surface area contributed by atoms with Crippen molar-refractivity contribution in [1.82, 2.24) is 15.5 Å². The largest absolute Gasteiger partial charge is 0.454 e. The molecule has 0 aliphatic carbocycles. The molecule has 0 unspecified atom stereocenters. The van der Waals surface area contributed by atoms with E-state index in [1.54, 1.807) is 6.20 Å². The second-order valence-electron chi connectivity index (χ2n) is 6.50. The summed E-state index contributed by atoms with van der Waals surface area (Å²) < 4.78 is 16.5. The summed E-state index contributed by atoms with van der Waals surface area (Å²) in [5, 5.41) is 9.77. The van der Waals surface area contributed by atoms with Crippen LogP contribution in [0.2, 0.25) is 0 Å². The number of aromatic nitrogens is 2. The quantitative estimate of drug-likeness (QED) is 0.860. The van der Waals surface area contributed by atoms with Gasteiger partial charge in [-0.25, -0.2) is 0 Å². The topological polar surface area (TPSA) is 85.5 Å². The maximum Gasteiger partial charge on any atom is 0.231 e. The molecule has 2 N–H and O–H groups in total. The van der Waals surface area contributed by atoms with Gasteiger partial charge < -0.3 is 19.5 Å². The second-order valence-corrected chi connectivity index (χ2v) is 6.50. The van der Waals surface area contributed by atoms with Crippen LogP contribution in [0, 0.1) is 0 Å². The van der Waals surface area contributed by atoms with E-state index < -0.39 is 0 Å². The van der Waals surface area contributed by atoms with Crippen LogP contribution in [-0.4, -0.2) is 42.7 Å². The lowest BCUT2D eigenvalue weighted by atomic mass is 9.74. The SMILES string of the molecule is O=C(Cc1ccn[nH]1)NCC1(c2ccc3c(c2)OCO3)CCOCC1. The number of benzene rings is 1. The zero-order chi connectivity index (χ0) is 17.1. The van der Waals surface area contributed by atoms with Crippen molar-refractivity contribution in [3.63, 3.8) is 0 Å². The molecule has 0 spiro atoms. The Hall–Kier alpha value is -2.54. The Morgan fingerprint density at radius 2 is 2.04 bits per heavy atom. The van der Waals surface area contributed by atoms with Gasteiger partial charge in [0.15, 0.2) is 11.5 Å². The van der Waals surface area contributed by atoms with Gasteiger partial charge in [0.05, 0.1) is 6.42 Å². The molecular formula is C18H21N3O4. The van der Waals surface area contributed by atoms with Crippen LogP contribution in [0.5, 0.6) is 11.5 Å². The number of hydrogen-bond donors (Lipinski definition) is 2. The maximum absolute atomic E-state index is 12.3. The Labute approximate surface area is 145 Å². The number of fused-ring (bicyclic) bond motifs is 1. The summed E-state index contributed by atoms with van der Waals surface area (Å²) in [5.41, 5.74) is 1.81. The molecule has 0 bridgehead atoms. The van der Waals surface area contributed by atoms with Gasteiger partial charge in [-0.15, -0.1) is 0 Å². The molecule has 132 valence electrons. The number of nitrogens with one attached hydrogen (secondary N) is 2. The molecule has 0 atom stereocenters. The van der Waals surface area contributed by atoms with Crippen LogP contribution in [0.15, 0.2) is 30.5 Å². The Bertz CT molecular complexity index is 739.